The van der Waals surface area contributed by atoms with Crippen LogP contribution in [-0.2, 0) is 0 Å². The van der Waals surface area contributed by atoms with Crippen LogP contribution in [0.15, 0.2) is 30.9 Å². The molecule has 15 heavy (non-hydrogen) atoms. The second-order valence-electron chi connectivity index (χ2n) is 3.08. The Morgan fingerprint density at radius 2 is 2.33 bits per heavy atom. The number of halogens is 1. The molecule has 0 heterocycles. The van der Waals surface area contributed by atoms with E-state index in [1.54, 1.807) is 12.1 Å². The van der Waals surface area contributed by atoms with Crippen molar-refractivity contribution >= 4 is 23.0 Å². The van der Waals surface area contributed by atoms with Crippen molar-refractivity contribution in [2.24, 2.45) is 0 Å². The van der Waals surface area contributed by atoms with E-state index in [4.69, 9.17) is 12.2 Å². The molecule has 0 aromatic heterocycles. The zero-order valence-corrected chi connectivity index (χ0v) is 9.33. The Balaban J connectivity index is 2.64. The first-order valence-electron chi connectivity index (χ1n) is 4.55. The lowest BCUT2D eigenvalue weighted by Crippen LogP contribution is -2.28. The maximum atomic E-state index is 12.8. The van der Waals surface area contributed by atoms with Crippen molar-refractivity contribution < 1.29 is 4.39 Å². The molecule has 0 saturated heterocycles. The third-order valence-electron chi connectivity index (χ3n) is 1.84. The highest BCUT2D eigenvalue weighted by atomic mass is 32.1. The van der Waals surface area contributed by atoms with Crippen LogP contribution >= 0.6 is 12.2 Å². The van der Waals surface area contributed by atoms with Gasteiger partial charge in [0.15, 0.2) is 5.11 Å². The van der Waals surface area contributed by atoms with Gasteiger partial charge in [-0.25, -0.2) is 4.39 Å². The predicted octanol–water partition coefficient (Wildman–Crippen LogP) is 2.61. The summed E-state index contributed by atoms with van der Waals surface area (Å²) >= 11 is 5.03. The molecule has 0 radical (unpaired) electrons. The Bertz CT molecular complexity index is 377. The van der Waals surface area contributed by atoms with Crippen LogP contribution in [0.5, 0.6) is 0 Å². The Morgan fingerprint density at radius 3 is 2.93 bits per heavy atom. The summed E-state index contributed by atoms with van der Waals surface area (Å²) in [6.45, 7) is 5.99. The SMILES string of the molecule is C=CCNC(=S)Nc1ccc(F)cc1C. The van der Waals surface area contributed by atoms with E-state index in [0.717, 1.165) is 11.3 Å². The Morgan fingerprint density at radius 1 is 1.60 bits per heavy atom. The van der Waals surface area contributed by atoms with Gasteiger partial charge >= 0.3 is 0 Å². The van der Waals surface area contributed by atoms with Crippen LogP contribution in [0.25, 0.3) is 0 Å². The number of anilines is 1. The van der Waals surface area contributed by atoms with Gasteiger partial charge in [0.05, 0.1) is 0 Å². The minimum Gasteiger partial charge on any atom is -0.359 e. The van der Waals surface area contributed by atoms with Crippen LogP contribution in [0, 0.1) is 12.7 Å². The van der Waals surface area contributed by atoms with Gasteiger partial charge in [-0.1, -0.05) is 6.08 Å². The van der Waals surface area contributed by atoms with Gasteiger partial charge in [0, 0.05) is 12.2 Å². The molecule has 0 unspecified atom stereocenters. The van der Waals surface area contributed by atoms with Crippen LogP contribution < -0.4 is 10.6 Å². The maximum Gasteiger partial charge on any atom is 0.171 e. The lowest BCUT2D eigenvalue weighted by atomic mass is 10.2. The minimum atomic E-state index is -0.247. The largest absolute Gasteiger partial charge is 0.359 e. The van der Waals surface area contributed by atoms with E-state index >= 15 is 0 Å². The third kappa shape index (κ3) is 3.67. The summed E-state index contributed by atoms with van der Waals surface area (Å²) in [6, 6.07) is 4.51. The third-order valence-corrected chi connectivity index (χ3v) is 2.09. The van der Waals surface area contributed by atoms with E-state index in [1.807, 2.05) is 6.92 Å². The average molecular weight is 224 g/mol. The summed E-state index contributed by atoms with van der Waals surface area (Å²) in [5, 5.41) is 6.41. The van der Waals surface area contributed by atoms with E-state index in [1.165, 1.54) is 12.1 Å². The second kappa shape index (κ2) is 5.46. The highest BCUT2D eigenvalue weighted by Crippen LogP contribution is 2.15. The normalized spacial score (nSPS) is 9.47. The zero-order chi connectivity index (χ0) is 11.3. The molecule has 0 atom stereocenters. The quantitative estimate of drug-likeness (QED) is 0.609. The second-order valence-corrected chi connectivity index (χ2v) is 3.49. The summed E-state index contributed by atoms with van der Waals surface area (Å²) in [6.07, 6.45) is 1.71. The van der Waals surface area contributed by atoms with Crippen molar-refractivity contribution in [2.45, 2.75) is 6.92 Å². The fourth-order valence-corrected chi connectivity index (χ4v) is 1.29. The van der Waals surface area contributed by atoms with E-state index in [2.05, 4.69) is 17.2 Å². The fraction of sp³-hybridized carbons (Fsp3) is 0.182. The van der Waals surface area contributed by atoms with E-state index in [9.17, 15) is 4.39 Å². The van der Waals surface area contributed by atoms with Crippen molar-refractivity contribution in [2.75, 3.05) is 11.9 Å². The molecule has 0 amide bonds. The van der Waals surface area contributed by atoms with Crippen molar-refractivity contribution in [1.29, 1.82) is 0 Å². The van der Waals surface area contributed by atoms with Crippen molar-refractivity contribution in [3.63, 3.8) is 0 Å². The summed E-state index contributed by atoms with van der Waals surface area (Å²) in [5.41, 5.74) is 1.62. The summed E-state index contributed by atoms with van der Waals surface area (Å²) in [4.78, 5) is 0. The summed E-state index contributed by atoms with van der Waals surface area (Å²) in [7, 11) is 0. The first-order valence-corrected chi connectivity index (χ1v) is 4.96. The number of hydrogen-bond acceptors (Lipinski definition) is 1. The molecule has 2 nitrogen and oxygen atoms in total. The molecule has 1 aromatic carbocycles. The molecule has 0 fully saturated rings. The first-order chi connectivity index (χ1) is 7.13. The van der Waals surface area contributed by atoms with Crippen LogP contribution in [0.3, 0.4) is 0 Å². The molecule has 0 bridgehead atoms. The highest BCUT2D eigenvalue weighted by Gasteiger charge is 2.01. The van der Waals surface area contributed by atoms with Crippen LogP contribution in [-0.4, -0.2) is 11.7 Å². The van der Waals surface area contributed by atoms with Gasteiger partial charge in [0.1, 0.15) is 5.82 Å². The lowest BCUT2D eigenvalue weighted by Gasteiger charge is -2.11. The van der Waals surface area contributed by atoms with Gasteiger partial charge in [0.2, 0.25) is 0 Å². The van der Waals surface area contributed by atoms with E-state index in [-0.39, 0.29) is 5.82 Å². The van der Waals surface area contributed by atoms with Gasteiger partial charge in [-0.05, 0) is 42.9 Å². The number of nitrogens with one attached hydrogen (secondary N) is 2. The molecule has 0 spiro atoms. The molecule has 0 saturated carbocycles. The number of benzene rings is 1. The van der Waals surface area contributed by atoms with E-state index < -0.39 is 0 Å². The monoisotopic (exact) mass is 224 g/mol. The number of hydrogen-bond donors (Lipinski definition) is 2. The van der Waals surface area contributed by atoms with Gasteiger partial charge < -0.3 is 10.6 Å². The molecular weight excluding hydrogens is 211 g/mol. The molecule has 0 aliphatic carbocycles. The van der Waals surface area contributed by atoms with Crippen LogP contribution in [0.2, 0.25) is 0 Å². The molecular formula is C11H13FN2S. The van der Waals surface area contributed by atoms with Gasteiger partial charge in [0.25, 0.3) is 0 Å². The maximum absolute atomic E-state index is 12.8. The van der Waals surface area contributed by atoms with Gasteiger partial charge in [-0.2, -0.15) is 0 Å². The Labute approximate surface area is 94.2 Å². The first kappa shape index (κ1) is 11.7. The molecule has 4 heteroatoms. The summed E-state index contributed by atoms with van der Waals surface area (Å²) in [5.74, 6) is -0.247. The minimum absolute atomic E-state index is 0.247. The molecule has 0 aliphatic rings. The zero-order valence-electron chi connectivity index (χ0n) is 8.51. The topological polar surface area (TPSA) is 24.1 Å². The molecule has 0 aliphatic heterocycles. The molecule has 80 valence electrons. The number of aryl methyl sites for hydroxylation is 1. The average Bonchev–Trinajstić information content (AvgIpc) is 2.19. The molecule has 2 N–H and O–H groups in total. The fourth-order valence-electron chi connectivity index (χ4n) is 1.10. The van der Waals surface area contributed by atoms with Crippen LogP contribution in [0.4, 0.5) is 10.1 Å². The predicted molar refractivity (Wildman–Crippen MR) is 65.6 cm³/mol. The van der Waals surface area contributed by atoms with Gasteiger partial charge in [-0.3, -0.25) is 0 Å². The summed E-state index contributed by atoms with van der Waals surface area (Å²) < 4.78 is 12.8. The van der Waals surface area contributed by atoms with Crippen molar-refractivity contribution in [3.05, 3.63) is 42.2 Å². The Kier molecular flexibility index (Phi) is 4.24. The number of thiocarbonyl (C=S) groups is 1. The van der Waals surface area contributed by atoms with Crippen LogP contribution in [0.1, 0.15) is 5.56 Å². The highest BCUT2D eigenvalue weighted by molar-refractivity contribution is 7.80. The van der Waals surface area contributed by atoms with E-state index in [0.29, 0.717) is 11.7 Å². The number of rotatable bonds is 3. The Hall–Kier alpha value is -1.42. The van der Waals surface area contributed by atoms with Gasteiger partial charge in [-0.15, -0.1) is 6.58 Å². The standard InChI is InChI=1S/C11H13FN2S/c1-3-6-13-11(15)14-10-5-4-9(12)7-8(10)2/h3-5,7H,1,6H2,2H3,(H2,13,14,15). The molecule has 1 rings (SSSR count). The molecule has 1 aromatic rings. The lowest BCUT2D eigenvalue weighted by molar-refractivity contribution is 0.627. The van der Waals surface area contributed by atoms with Crippen molar-refractivity contribution in [3.8, 4) is 0 Å². The smallest absolute Gasteiger partial charge is 0.171 e. The van der Waals surface area contributed by atoms with Crippen molar-refractivity contribution in [1.82, 2.24) is 5.32 Å².